The molecule has 1 aromatic heterocycles. The highest BCUT2D eigenvalue weighted by molar-refractivity contribution is 5.74. The van der Waals surface area contributed by atoms with E-state index in [4.69, 9.17) is 10.5 Å². The Hall–Kier alpha value is -2.83. The zero-order chi connectivity index (χ0) is 15.4. The summed E-state index contributed by atoms with van der Waals surface area (Å²) in [6.07, 6.45) is -0.224. The second-order valence-electron chi connectivity index (χ2n) is 4.31. The fraction of sp³-hybridized carbons (Fsp3) is 0.214. The Balaban J connectivity index is 2.35. The number of nitrogen functional groups attached to an aromatic ring is 1. The van der Waals surface area contributed by atoms with Gasteiger partial charge in [-0.3, -0.25) is 9.59 Å². The van der Waals surface area contributed by atoms with Gasteiger partial charge in [0.25, 0.3) is 5.56 Å². The summed E-state index contributed by atoms with van der Waals surface area (Å²) in [7, 11) is 0. The van der Waals surface area contributed by atoms with Gasteiger partial charge in [0.1, 0.15) is 17.4 Å². The molecule has 1 aromatic carbocycles. The fourth-order valence-electron chi connectivity index (χ4n) is 1.80. The number of rotatable bonds is 4. The molecule has 0 spiro atoms. The first-order valence-electron chi connectivity index (χ1n) is 6.35. The molecule has 0 bridgehead atoms. The Labute approximate surface area is 120 Å². The maximum Gasteiger partial charge on any atom is 0.310 e. The number of aromatic nitrogens is 2. The molecule has 0 aliphatic rings. The van der Waals surface area contributed by atoms with E-state index in [2.05, 4.69) is 9.97 Å². The number of aromatic amines is 1. The molecule has 0 aliphatic heterocycles. The second-order valence-corrected chi connectivity index (χ2v) is 4.31. The Morgan fingerprint density at radius 1 is 1.38 bits per heavy atom. The van der Waals surface area contributed by atoms with Gasteiger partial charge in [0.2, 0.25) is 0 Å². The lowest BCUT2D eigenvalue weighted by Gasteiger charge is -2.07. The number of phenols is 1. The monoisotopic (exact) mass is 289 g/mol. The van der Waals surface area contributed by atoms with E-state index in [1.54, 1.807) is 19.1 Å². The maximum atomic E-state index is 12.0. The second kappa shape index (κ2) is 6.08. The van der Waals surface area contributed by atoms with Gasteiger partial charge in [0.15, 0.2) is 0 Å². The molecule has 2 aromatic rings. The van der Waals surface area contributed by atoms with Crippen LogP contribution >= 0.6 is 0 Å². The Kier molecular flexibility index (Phi) is 4.22. The van der Waals surface area contributed by atoms with Crippen LogP contribution in [0.4, 0.5) is 5.82 Å². The number of benzene rings is 1. The molecule has 0 unspecified atom stereocenters. The van der Waals surface area contributed by atoms with Crippen LogP contribution in [0.3, 0.4) is 0 Å². The van der Waals surface area contributed by atoms with Crippen molar-refractivity contribution >= 4 is 11.8 Å². The minimum atomic E-state index is -0.533. The Morgan fingerprint density at radius 3 is 2.62 bits per heavy atom. The lowest BCUT2D eigenvalue weighted by atomic mass is 10.2. The molecular formula is C14H15N3O4. The molecule has 1 heterocycles. The topological polar surface area (TPSA) is 118 Å². The van der Waals surface area contributed by atoms with Gasteiger partial charge >= 0.3 is 5.97 Å². The zero-order valence-corrected chi connectivity index (χ0v) is 11.4. The number of H-pyrrole nitrogens is 1. The van der Waals surface area contributed by atoms with Crippen molar-refractivity contribution in [1.82, 2.24) is 9.97 Å². The van der Waals surface area contributed by atoms with Crippen LogP contribution in [0.25, 0.3) is 11.4 Å². The number of carbonyl (C=O) groups excluding carboxylic acids is 1. The number of esters is 1. The maximum absolute atomic E-state index is 12.0. The van der Waals surface area contributed by atoms with Gasteiger partial charge in [-0.25, -0.2) is 4.98 Å². The minimum absolute atomic E-state index is 0.0186. The average Bonchev–Trinajstić information content (AvgIpc) is 2.44. The van der Waals surface area contributed by atoms with Crippen molar-refractivity contribution < 1.29 is 14.6 Å². The van der Waals surface area contributed by atoms with E-state index in [-0.39, 0.29) is 36.0 Å². The van der Waals surface area contributed by atoms with Crippen LogP contribution in [0.15, 0.2) is 29.1 Å². The minimum Gasteiger partial charge on any atom is -0.508 e. The number of carbonyl (C=O) groups is 1. The first kappa shape index (κ1) is 14.6. The van der Waals surface area contributed by atoms with Crippen LogP contribution < -0.4 is 11.3 Å². The van der Waals surface area contributed by atoms with E-state index < -0.39 is 11.5 Å². The highest BCUT2D eigenvalue weighted by Gasteiger charge is 2.14. The molecule has 21 heavy (non-hydrogen) atoms. The van der Waals surface area contributed by atoms with Gasteiger partial charge in [-0.15, -0.1) is 0 Å². The van der Waals surface area contributed by atoms with E-state index in [0.717, 1.165) is 0 Å². The number of nitrogens with two attached hydrogens (primary N) is 1. The SMILES string of the molecule is CCOC(=O)Cc1c(N)nc(-c2ccc(O)cc2)[nH]c1=O. The molecule has 0 radical (unpaired) electrons. The predicted octanol–water partition coefficient (Wildman–Crippen LogP) is 0.830. The molecule has 0 amide bonds. The highest BCUT2D eigenvalue weighted by atomic mass is 16.5. The van der Waals surface area contributed by atoms with Crippen molar-refractivity contribution in [3.8, 4) is 17.1 Å². The largest absolute Gasteiger partial charge is 0.508 e. The molecular weight excluding hydrogens is 274 g/mol. The highest BCUT2D eigenvalue weighted by Crippen LogP contribution is 2.19. The number of ether oxygens (including phenoxy) is 1. The van der Waals surface area contributed by atoms with E-state index in [1.165, 1.54) is 12.1 Å². The molecule has 0 aliphatic carbocycles. The van der Waals surface area contributed by atoms with Crippen LogP contribution in [0.2, 0.25) is 0 Å². The van der Waals surface area contributed by atoms with E-state index >= 15 is 0 Å². The van der Waals surface area contributed by atoms with Crippen LogP contribution in [0, 0.1) is 0 Å². The number of nitrogens with one attached hydrogen (secondary N) is 1. The van der Waals surface area contributed by atoms with Crippen molar-refractivity contribution in [1.29, 1.82) is 0 Å². The van der Waals surface area contributed by atoms with E-state index in [9.17, 15) is 14.7 Å². The molecule has 7 heteroatoms. The number of anilines is 1. The number of aromatic hydroxyl groups is 1. The fourth-order valence-corrected chi connectivity index (χ4v) is 1.80. The van der Waals surface area contributed by atoms with Crippen molar-refractivity contribution in [2.24, 2.45) is 0 Å². The molecule has 110 valence electrons. The summed E-state index contributed by atoms with van der Waals surface area (Å²) in [6, 6.07) is 6.13. The Bertz CT molecular complexity index is 707. The predicted molar refractivity (Wildman–Crippen MR) is 76.7 cm³/mol. The summed E-state index contributed by atoms with van der Waals surface area (Å²) in [5.41, 5.74) is 5.93. The van der Waals surface area contributed by atoms with Gasteiger partial charge in [-0.2, -0.15) is 0 Å². The number of phenolic OH excluding ortho intramolecular Hbond substituents is 1. The molecule has 0 atom stereocenters. The summed E-state index contributed by atoms with van der Waals surface area (Å²) >= 11 is 0. The summed E-state index contributed by atoms with van der Waals surface area (Å²) < 4.78 is 4.78. The van der Waals surface area contributed by atoms with Crippen molar-refractivity contribution in [3.63, 3.8) is 0 Å². The van der Waals surface area contributed by atoms with Crippen LogP contribution in [0.1, 0.15) is 12.5 Å². The van der Waals surface area contributed by atoms with Gasteiger partial charge in [0, 0.05) is 5.56 Å². The number of hydrogen-bond donors (Lipinski definition) is 3. The quantitative estimate of drug-likeness (QED) is 0.717. The third-order valence-electron chi connectivity index (χ3n) is 2.81. The molecule has 0 saturated heterocycles. The normalized spacial score (nSPS) is 10.3. The van der Waals surface area contributed by atoms with Gasteiger partial charge < -0.3 is 20.6 Å². The number of hydrogen-bond acceptors (Lipinski definition) is 6. The van der Waals surface area contributed by atoms with Crippen LogP contribution in [-0.4, -0.2) is 27.7 Å². The summed E-state index contributed by atoms with van der Waals surface area (Å²) in [6.45, 7) is 1.91. The molecule has 7 nitrogen and oxygen atoms in total. The smallest absolute Gasteiger partial charge is 0.310 e. The van der Waals surface area contributed by atoms with Crippen LogP contribution in [-0.2, 0) is 16.0 Å². The molecule has 0 saturated carbocycles. The first-order chi connectivity index (χ1) is 10.0. The average molecular weight is 289 g/mol. The van der Waals surface area contributed by atoms with Crippen molar-refractivity contribution in [3.05, 3.63) is 40.2 Å². The lowest BCUT2D eigenvalue weighted by Crippen LogP contribution is -2.22. The summed E-state index contributed by atoms with van der Waals surface area (Å²) in [5, 5.41) is 9.24. The molecule has 4 N–H and O–H groups in total. The standard InChI is InChI=1S/C14H15N3O4/c1-2-21-11(19)7-10-12(15)16-13(17-14(10)20)8-3-5-9(18)6-4-8/h3-6,18H,2,7H2,1H3,(H3,15,16,17,20). The van der Waals surface area contributed by atoms with Gasteiger partial charge in [-0.1, -0.05) is 0 Å². The third-order valence-corrected chi connectivity index (χ3v) is 2.81. The summed E-state index contributed by atoms with van der Waals surface area (Å²) in [4.78, 5) is 30.1. The van der Waals surface area contributed by atoms with Crippen molar-refractivity contribution in [2.75, 3.05) is 12.3 Å². The Morgan fingerprint density at radius 2 is 2.05 bits per heavy atom. The van der Waals surface area contributed by atoms with E-state index in [0.29, 0.717) is 5.56 Å². The zero-order valence-electron chi connectivity index (χ0n) is 11.4. The van der Waals surface area contributed by atoms with Crippen LogP contribution in [0.5, 0.6) is 5.75 Å². The molecule has 2 rings (SSSR count). The van der Waals surface area contributed by atoms with Gasteiger partial charge in [0.05, 0.1) is 18.6 Å². The third kappa shape index (κ3) is 3.38. The summed E-state index contributed by atoms with van der Waals surface area (Å²) in [5.74, 6) is -0.179. The number of nitrogens with zero attached hydrogens (tertiary/aromatic N) is 1. The molecule has 0 fully saturated rings. The van der Waals surface area contributed by atoms with E-state index in [1.807, 2.05) is 0 Å². The van der Waals surface area contributed by atoms with Crippen molar-refractivity contribution in [2.45, 2.75) is 13.3 Å². The first-order valence-corrected chi connectivity index (χ1v) is 6.35. The van der Waals surface area contributed by atoms with Gasteiger partial charge in [-0.05, 0) is 31.2 Å². The lowest BCUT2D eigenvalue weighted by molar-refractivity contribution is -0.142.